The standard InChI is InChI=1S/C12H8ClNO3S/c13-9-6-5-8(7-11(9)15)18-12-4-2-1-3-10(12)14(16)17/h1-7,15H. The van der Waals surface area contributed by atoms with E-state index in [0.29, 0.717) is 9.79 Å². The maximum absolute atomic E-state index is 10.9. The van der Waals surface area contributed by atoms with E-state index in [2.05, 4.69) is 0 Å². The zero-order chi connectivity index (χ0) is 13.1. The molecule has 0 aliphatic heterocycles. The van der Waals surface area contributed by atoms with E-state index in [0.717, 1.165) is 0 Å². The number of halogens is 1. The van der Waals surface area contributed by atoms with E-state index in [9.17, 15) is 15.2 Å². The van der Waals surface area contributed by atoms with Crippen LogP contribution >= 0.6 is 23.4 Å². The summed E-state index contributed by atoms with van der Waals surface area (Å²) < 4.78 is 0. The second-order valence-corrected chi connectivity index (χ2v) is 4.96. The minimum atomic E-state index is -0.432. The number of phenols is 1. The minimum Gasteiger partial charge on any atom is -0.506 e. The van der Waals surface area contributed by atoms with Crippen LogP contribution in [0.1, 0.15) is 0 Å². The Labute approximate surface area is 112 Å². The van der Waals surface area contributed by atoms with Crippen LogP contribution in [0.5, 0.6) is 5.75 Å². The number of hydrogen-bond acceptors (Lipinski definition) is 4. The van der Waals surface area contributed by atoms with Crippen LogP contribution in [-0.4, -0.2) is 10.0 Å². The number of nitro benzene ring substituents is 1. The molecule has 2 aromatic rings. The van der Waals surface area contributed by atoms with E-state index in [1.807, 2.05) is 0 Å². The molecule has 0 amide bonds. The summed E-state index contributed by atoms with van der Waals surface area (Å²) >= 11 is 6.90. The summed E-state index contributed by atoms with van der Waals surface area (Å²) in [5.74, 6) is -0.0414. The summed E-state index contributed by atoms with van der Waals surface area (Å²) in [6.45, 7) is 0. The van der Waals surface area contributed by atoms with Gasteiger partial charge in [-0.25, -0.2) is 0 Å². The van der Waals surface area contributed by atoms with Gasteiger partial charge in [-0.1, -0.05) is 35.5 Å². The van der Waals surface area contributed by atoms with Crippen molar-refractivity contribution in [1.82, 2.24) is 0 Å². The lowest BCUT2D eigenvalue weighted by Gasteiger charge is -2.04. The maximum atomic E-state index is 10.9. The number of phenolic OH excluding ortho intramolecular Hbond substituents is 1. The predicted octanol–water partition coefficient (Wildman–Crippen LogP) is 4.11. The highest BCUT2D eigenvalue weighted by molar-refractivity contribution is 7.99. The Morgan fingerprint density at radius 2 is 1.94 bits per heavy atom. The van der Waals surface area contributed by atoms with Gasteiger partial charge in [-0.3, -0.25) is 10.1 Å². The highest BCUT2D eigenvalue weighted by Crippen LogP contribution is 2.37. The molecule has 18 heavy (non-hydrogen) atoms. The minimum absolute atomic E-state index is 0.0388. The van der Waals surface area contributed by atoms with Crippen LogP contribution in [0.3, 0.4) is 0 Å². The topological polar surface area (TPSA) is 63.4 Å². The number of rotatable bonds is 3. The molecule has 0 unspecified atom stereocenters. The molecule has 0 radical (unpaired) electrons. The molecule has 0 atom stereocenters. The summed E-state index contributed by atoms with van der Waals surface area (Å²) in [6, 6.07) is 11.2. The third kappa shape index (κ3) is 2.75. The Bertz CT molecular complexity index is 604. The summed E-state index contributed by atoms with van der Waals surface area (Å²) in [6.07, 6.45) is 0. The highest BCUT2D eigenvalue weighted by atomic mass is 35.5. The molecular weight excluding hydrogens is 274 g/mol. The number of hydrogen-bond donors (Lipinski definition) is 1. The molecular formula is C12H8ClNO3S. The normalized spacial score (nSPS) is 10.3. The van der Waals surface area contributed by atoms with Gasteiger partial charge >= 0.3 is 0 Å². The monoisotopic (exact) mass is 281 g/mol. The molecule has 0 saturated carbocycles. The Morgan fingerprint density at radius 3 is 2.61 bits per heavy atom. The summed E-state index contributed by atoms with van der Waals surface area (Å²) in [5, 5.41) is 20.6. The lowest BCUT2D eigenvalue weighted by Crippen LogP contribution is -1.89. The first-order valence-electron chi connectivity index (χ1n) is 4.97. The quantitative estimate of drug-likeness (QED) is 0.679. The Morgan fingerprint density at radius 1 is 1.22 bits per heavy atom. The van der Waals surface area contributed by atoms with Gasteiger partial charge in [0, 0.05) is 11.0 Å². The molecule has 0 aliphatic carbocycles. The molecule has 1 N–H and O–H groups in total. The molecule has 0 aliphatic rings. The second-order valence-electron chi connectivity index (χ2n) is 3.44. The third-order valence-electron chi connectivity index (χ3n) is 2.21. The number of nitrogens with zero attached hydrogens (tertiary/aromatic N) is 1. The van der Waals surface area contributed by atoms with Gasteiger partial charge in [0.25, 0.3) is 5.69 Å². The van der Waals surface area contributed by atoms with Crippen molar-refractivity contribution in [3.05, 3.63) is 57.6 Å². The van der Waals surface area contributed by atoms with E-state index in [4.69, 9.17) is 11.6 Å². The number of para-hydroxylation sites is 1. The molecule has 2 aromatic carbocycles. The van der Waals surface area contributed by atoms with Crippen molar-refractivity contribution in [2.24, 2.45) is 0 Å². The van der Waals surface area contributed by atoms with Crippen molar-refractivity contribution in [2.75, 3.05) is 0 Å². The Balaban J connectivity index is 2.34. The van der Waals surface area contributed by atoms with Gasteiger partial charge in [0.05, 0.1) is 14.8 Å². The van der Waals surface area contributed by atoms with Crippen molar-refractivity contribution in [3.63, 3.8) is 0 Å². The fourth-order valence-corrected chi connectivity index (χ4v) is 2.45. The van der Waals surface area contributed by atoms with Gasteiger partial charge in [0.15, 0.2) is 0 Å². The lowest BCUT2D eigenvalue weighted by molar-refractivity contribution is -0.387. The lowest BCUT2D eigenvalue weighted by atomic mass is 10.3. The molecule has 0 bridgehead atoms. The molecule has 4 nitrogen and oxygen atoms in total. The largest absolute Gasteiger partial charge is 0.506 e. The SMILES string of the molecule is O=[N+]([O-])c1ccccc1Sc1ccc(Cl)c(O)c1. The third-order valence-corrected chi connectivity index (χ3v) is 3.58. The number of benzene rings is 2. The van der Waals surface area contributed by atoms with E-state index in [-0.39, 0.29) is 16.5 Å². The molecule has 0 spiro atoms. The van der Waals surface area contributed by atoms with Gasteiger partial charge in [0.2, 0.25) is 0 Å². The van der Waals surface area contributed by atoms with Crippen LogP contribution in [-0.2, 0) is 0 Å². The molecule has 0 aromatic heterocycles. The van der Waals surface area contributed by atoms with Crippen LogP contribution in [0.2, 0.25) is 5.02 Å². The smallest absolute Gasteiger partial charge is 0.283 e. The summed E-state index contributed by atoms with van der Waals surface area (Å²) in [5.41, 5.74) is 0.0388. The van der Waals surface area contributed by atoms with E-state index in [1.54, 1.807) is 30.3 Å². The predicted molar refractivity (Wildman–Crippen MR) is 70.3 cm³/mol. The van der Waals surface area contributed by atoms with Crippen LogP contribution in [0, 0.1) is 10.1 Å². The number of aromatic hydroxyl groups is 1. The van der Waals surface area contributed by atoms with Crippen molar-refractivity contribution in [3.8, 4) is 5.75 Å². The van der Waals surface area contributed by atoms with Crippen molar-refractivity contribution in [1.29, 1.82) is 0 Å². The summed E-state index contributed by atoms with van der Waals surface area (Å²) in [7, 11) is 0. The van der Waals surface area contributed by atoms with Gasteiger partial charge < -0.3 is 5.11 Å². The molecule has 92 valence electrons. The Kier molecular flexibility index (Phi) is 3.74. The average Bonchev–Trinajstić information content (AvgIpc) is 2.34. The molecule has 2 rings (SSSR count). The fraction of sp³-hybridized carbons (Fsp3) is 0. The zero-order valence-electron chi connectivity index (χ0n) is 9.04. The zero-order valence-corrected chi connectivity index (χ0v) is 10.6. The first-order chi connectivity index (χ1) is 8.58. The van der Waals surface area contributed by atoms with Crippen molar-refractivity contribution < 1.29 is 10.0 Å². The first-order valence-corrected chi connectivity index (χ1v) is 6.17. The molecule has 0 fully saturated rings. The molecule has 0 saturated heterocycles. The first kappa shape index (κ1) is 12.7. The van der Waals surface area contributed by atoms with Gasteiger partial charge in [-0.15, -0.1) is 0 Å². The van der Waals surface area contributed by atoms with Crippen molar-refractivity contribution in [2.45, 2.75) is 9.79 Å². The van der Waals surface area contributed by atoms with Gasteiger partial charge in [-0.05, 0) is 24.3 Å². The van der Waals surface area contributed by atoms with Crippen LogP contribution in [0.15, 0.2) is 52.3 Å². The van der Waals surface area contributed by atoms with E-state index < -0.39 is 4.92 Å². The maximum Gasteiger partial charge on any atom is 0.283 e. The summed E-state index contributed by atoms with van der Waals surface area (Å²) in [4.78, 5) is 11.6. The van der Waals surface area contributed by atoms with Crippen LogP contribution < -0.4 is 0 Å². The highest BCUT2D eigenvalue weighted by Gasteiger charge is 2.13. The average molecular weight is 282 g/mol. The molecule has 6 heteroatoms. The second kappa shape index (κ2) is 5.29. The number of nitro groups is 1. The van der Waals surface area contributed by atoms with E-state index in [1.165, 1.54) is 23.9 Å². The van der Waals surface area contributed by atoms with Crippen LogP contribution in [0.25, 0.3) is 0 Å². The Hall–Kier alpha value is -1.72. The van der Waals surface area contributed by atoms with Gasteiger partial charge in [0.1, 0.15) is 5.75 Å². The van der Waals surface area contributed by atoms with Gasteiger partial charge in [-0.2, -0.15) is 0 Å². The fourth-order valence-electron chi connectivity index (χ4n) is 1.38. The molecule has 0 heterocycles. The van der Waals surface area contributed by atoms with Crippen LogP contribution in [0.4, 0.5) is 5.69 Å². The van der Waals surface area contributed by atoms with E-state index >= 15 is 0 Å². The van der Waals surface area contributed by atoms with Crippen molar-refractivity contribution >= 4 is 29.1 Å².